The second kappa shape index (κ2) is 8.62. The number of carbonyl (C=O) groups excluding carboxylic acids is 1. The van der Waals surface area contributed by atoms with Gasteiger partial charge in [0, 0.05) is 22.9 Å². The Morgan fingerprint density at radius 1 is 1.31 bits per heavy atom. The molecule has 1 fully saturated rings. The Morgan fingerprint density at radius 3 is 2.69 bits per heavy atom. The summed E-state index contributed by atoms with van der Waals surface area (Å²) in [5.74, 6) is -0.0711. The lowest BCUT2D eigenvalue weighted by Gasteiger charge is -2.41. The molecule has 0 spiro atoms. The van der Waals surface area contributed by atoms with Crippen LogP contribution in [0.25, 0.3) is 6.08 Å². The second-order valence-corrected chi connectivity index (χ2v) is 7.96. The number of hydrogen-bond acceptors (Lipinski definition) is 4. The molecular weight excluding hydrogens is 344 g/mol. The average Bonchev–Trinajstić information content (AvgIpc) is 3.15. The lowest BCUT2D eigenvalue weighted by molar-refractivity contribution is -0.116. The smallest absolute Gasteiger partial charge is 0.244 e. The van der Waals surface area contributed by atoms with Crippen molar-refractivity contribution >= 4 is 23.3 Å². The minimum absolute atomic E-state index is 0.00423. The van der Waals surface area contributed by atoms with Gasteiger partial charge in [-0.05, 0) is 61.6 Å². The molecule has 26 heavy (non-hydrogen) atoms. The van der Waals surface area contributed by atoms with Crippen molar-refractivity contribution in [2.24, 2.45) is 0 Å². The molecule has 5 heteroatoms. The van der Waals surface area contributed by atoms with Crippen LogP contribution in [0.1, 0.15) is 28.8 Å². The molecule has 1 saturated heterocycles. The number of piperidine rings is 1. The molecule has 2 aromatic rings. The zero-order valence-electron chi connectivity index (χ0n) is 15.1. The van der Waals surface area contributed by atoms with Crippen LogP contribution in [0.15, 0.2) is 47.9 Å². The van der Waals surface area contributed by atoms with E-state index in [2.05, 4.69) is 41.5 Å². The van der Waals surface area contributed by atoms with Crippen molar-refractivity contribution in [1.29, 1.82) is 0 Å². The van der Waals surface area contributed by atoms with Crippen molar-refractivity contribution < 1.29 is 9.90 Å². The Morgan fingerprint density at radius 2 is 2.04 bits per heavy atom. The lowest BCUT2D eigenvalue weighted by atomic mass is 9.72. The van der Waals surface area contributed by atoms with Gasteiger partial charge in [0.25, 0.3) is 0 Å². The first-order valence-corrected chi connectivity index (χ1v) is 9.87. The van der Waals surface area contributed by atoms with Gasteiger partial charge in [-0.1, -0.05) is 30.3 Å². The molecule has 0 radical (unpaired) electrons. The fourth-order valence-corrected chi connectivity index (χ4v) is 4.24. The van der Waals surface area contributed by atoms with Gasteiger partial charge in [0.05, 0.1) is 6.61 Å². The van der Waals surface area contributed by atoms with Gasteiger partial charge in [-0.25, -0.2) is 0 Å². The van der Waals surface area contributed by atoms with Crippen molar-refractivity contribution in [3.63, 3.8) is 0 Å². The molecule has 2 N–H and O–H groups in total. The maximum absolute atomic E-state index is 12.3. The molecule has 1 aliphatic heterocycles. The van der Waals surface area contributed by atoms with E-state index in [1.165, 1.54) is 16.9 Å². The van der Waals surface area contributed by atoms with Crippen LogP contribution in [0.5, 0.6) is 0 Å². The maximum atomic E-state index is 12.3. The van der Waals surface area contributed by atoms with E-state index in [0.717, 1.165) is 36.4 Å². The van der Waals surface area contributed by atoms with Gasteiger partial charge in [0.2, 0.25) is 5.91 Å². The van der Waals surface area contributed by atoms with E-state index in [9.17, 15) is 4.79 Å². The quantitative estimate of drug-likeness (QED) is 0.769. The number of benzene rings is 1. The second-order valence-electron chi connectivity index (χ2n) is 7.02. The maximum Gasteiger partial charge on any atom is 0.244 e. The first-order chi connectivity index (χ1) is 12.6. The van der Waals surface area contributed by atoms with Gasteiger partial charge in [0.15, 0.2) is 0 Å². The number of nitrogens with zero attached hydrogens (tertiary/aromatic N) is 1. The molecule has 4 nitrogen and oxygen atoms in total. The van der Waals surface area contributed by atoms with Gasteiger partial charge >= 0.3 is 0 Å². The van der Waals surface area contributed by atoms with Crippen LogP contribution in [-0.4, -0.2) is 42.6 Å². The van der Waals surface area contributed by atoms with Crippen molar-refractivity contribution in [3.05, 3.63) is 63.9 Å². The summed E-state index contributed by atoms with van der Waals surface area (Å²) in [5.41, 5.74) is 2.19. The van der Waals surface area contributed by atoms with Crippen molar-refractivity contribution in [2.75, 3.05) is 26.7 Å². The molecule has 0 aliphatic carbocycles. The molecular formula is C21H26N2O2S. The van der Waals surface area contributed by atoms with Crippen LogP contribution in [0.2, 0.25) is 0 Å². The zero-order chi connectivity index (χ0) is 18.4. The van der Waals surface area contributed by atoms with E-state index in [1.807, 2.05) is 23.6 Å². The number of carbonyl (C=O) groups is 1. The first kappa shape index (κ1) is 18.8. The Kier molecular flexibility index (Phi) is 6.25. The summed E-state index contributed by atoms with van der Waals surface area (Å²) in [7, 11) is 2.15. The number of nitrogens with one attached hydrogen (secondary N) is 1. The molecule has 1 aromatic carbocycles. The van der Waals surface area contributed by atoms with Crippen LogP contribution in [0, 0.1) is 0 Å². The van der Waals surface area contributed by atoms with E-state index < -0.39 is 0 Å². The highest BCUT2D eigenvalue weighted by Gasteiger charge is 2.35. The normalized spacial score (nSPS) is 17.5. The topological polar surface area (TPSA) is 52.6 Å². The van der Waals surface area contributed by atoms with Crippen LogP contribution >= 0.6 is 11.3 Å². The van der Waals surface area contributed by atoms with E-state index >= 15 is 0 Å². The molecule has 1 aliphatic rings. The van der Waals surface area contributed by atoms with Crippen LogP contribution < -0.4 is 5.32 Å². The zero-order valence-corrected chi connectivity index (χ0v) is 16.0. The van der Waals surface area contributed by atoms with Gasteiger partial charge in [-0.3, -0.25) is 4.79 Å². The number of rotatable bonds is 6. The van der Waals surface area contributed by atoms with Gasteiger partial charge in [-0.15, -0.1) is 11.3 Å². The number of aliphatic hydroxyl groups excluding tert-OH is 1. The molecule has 0 atom stereocenters. The fraction of sp³-hybridized carbons (Fsp3) is 0.381. The Hall–Kier alpha value is -1.95. The van der Waals surface area contributed by atoms with Crippen molar-refractivity contribution in [3.8, 4) is 0 Å². The molecule has 0 saturated carbocycles. The van der Waals surface area contributed by atoms with E-state index in [0.29, 0.717) is 6.54 Å². The summed E-state index contributed by atoms with van der Waals surface area (Å²) < 4.78 is 0. The number of amides is 1. The standard InChI is InChI=1S/C21H26N2O2S/c1-23-11-9-21(10-12-23,18-5-3-2-4-6-18)16-22-20(25)8-7-19-13-17(14-24)15-26-19/h2-8,13,15,24H,9-12,14,16H2,1H3,(H,22,25)/b8-7+. The third kappa shape index (κ3) is 4.61. The number of hydrogen-bond donors (Lipinski definition) is 2. The average molecular weight is 371 g/mol. The van der Waals surface area contributed by atoms with Crippen LogP contribution in [0.4, 0.5) is 0 Å². The van der Waals surface area contributed by atoms with Crippen molar-refractivity contribution in [2.45, 2.75) is 24.9 Å². The fourth-order valence-electron chi connectivity index (χ4n) is 3.44. The molecule has 138 valence electrons. The Labute approximate surface area is 159 Å². The molecule has 2 heterocycles. The SMILES string of the molecule is CN1CCC(CNC(=O)/C=C/c2cc(CO)cs2)(c2ccccc2)CC1. The first-order valence-electron chi connectivity index (χ1n) is 9.00. The van der Waals surface area contributed by atoms with Crippen LogP contribution in [-0.2, 0) is 16.8 Å². The van der Waals surface area contributed by atoms with Crippen LogP contribution in [0.3, 0.4) is 0 Å². The number of likely N-dealkylation sites (tertiary alicyclic amines) is 1. The van der Waals surface area contributed by atoms with Gasteiger partial charge < -0.3 is 15.3 Å². The molecule has 0 bridgehead atoms. The monoisotopic (exact) mass is 370 g/mol. The van der Waals surface area contributed by atoms with Gasteiger partial charge in [0.1, 0.15) is 0 Å². The van der Waals surface area contributed by atoms with Gasteiger partial charge in [-0.2, -0.15) is 0 Å². The summed E-state index contributed by atoms with van der Waals surface area (Å²) in [5, 5.41) is 14.1. The predicted octanol–water partition coefficient (Wildman–Crippen LogP) is 3.03. The highest BCUT2D eigenvalue weighted by Crippen LogP contribution is 2.34. The molecule has 3 rings (SSSR count). The van der Waals surface area contributed by atoms with Crippen molar-refractivity contribution in [1.82, 2.24) is 10.2 Å². The predicted molar refractivity (Wildman–Crippen MR) is 107 cm³/mol. The highest BCUT2D eigenvalue weighted by atomic mass is 32.1. The molecule has 0 unspecified atom stereocenters. The number of aliphatic hydroxyl groups is 1. The van der Waals surface area contributed by atoms with E-state index in [-0.39, 0.29) is 17.9 Å². The molecule has 1 aromatic heterocycles. The van der Waals surface area contributed by atoms with E-state index in [4.69, 9.17) is 5.11 Å². The minimum Gasteiger partial charge on any atom is -0.392 e. The Balaban J connectivity index is 1.65. The third-order valence-electron chi connectivity index (χ3n) is 5.19. The summed E-state index contributed by atoms with van der Waals surface area (Å²) in [6.45, 7) is 2.77. The number of thiophene rings is 1. The highest BCUT2D eigenvalue weighted by molar-refractivity contribution is 7.11. The minimum atomic E-state index is -0.0711. The lowest BCUT2D eigenvalue weighted by Crippen LogP contribution is -2.47. The third-order valence-corrected chi connectivity index (χ3v) is 6.13. The Bertz CT molecular complexity index is 746. The summed E-state index contributed by atoms with van der Waals surface area (Å²) in [6.07, 6.45) is 5.48. The summed E-state index contributed by atoms with van der Waals surface area (Å²) in [4.78, 5) is 15.6. The molecule has 1 amide bonds. The van der Waals surface area contributed by atoms with E-state index in [1.54, 1.807) is 6.08 Å². The largest absolute Gasteiger partial charge is 0.392 e. The summed E-state index contributed by atoms with van der Waals surface area (Å²) >= 11 is 1.53. The summed E-state index contributed by atoms with van der Waals surface area (Å²) in [6, 6.07) is 12.4.